The molecule has 8 heavy (non-hydrogen) atoms. The van der Waals surface area contributed by atoms with Crippen LogP contribution in [0, 0.1) is 0 Å². The van der Waals surface area contributed by atoms with Crippen molar-refractivity contribution in [1.29, 1.82) is 0 Å². The molecule has 0 rings (SSSR count). The van der Waals surface area contributed by atoms with Gasteiger partial charge in [-0.1, -0.05) is 0 Å². The molecule has 0 bridgehead atoms. The van der Waals surface area contributed by atoms with Crippen LogP contribution in [0.5, 0.6) is 0 Å². The summed E-state index contributed by atoms with van der Waals surface area (Å²) in [6, 6.07) is 0. The topological polar surface area (TPSA) is 35.5 Å². The summed E-state index contributed by atoms with van der Waals surface area (Å²) in [6.07, 6.45) is -0.534. The summed E-state index contributed by atoms with van der Waals surface area (Å²) in [5.41, 5.74) is 0. The molecular weight excluding hydrogens is 160 g/mol. The quantitative estimate of drug-likeness (QED) is 0.335. The molecule has 0 aromatic heterocycles. The van der Waals surface area contributed by atoms with E-state index in [0.717, 1.165) is 0 Å². The van der Waals surface area contributed by atoms with E-state index in [2.05, 4.69) is 7.58 Å². The summed E-state index contributed by atoms with van der Waals surface area (Å²) in [6.45, 7) is 0. The Morgan fingerprint density at radius 3 is 1.50 bits per heavy atom. The maximum atomic E-state index is 9.81. The fourth-order valence-corrected chi connectivity index (χ4v) is 0.750. The van der Waals surface area contributed by atoms with Crippen molar-refractivity contribution in [2.75, 3.05) is 0 Å². The van der Waals surface area contributed by atoms with Crippen LogP contribution in [0.1, 0.15) is 2.85 Å². The molecule has 3 nitrogen and oxygen atoms in total. The van der Waals surface area contributed by atoms with Crippen molar-refractivity contribution in [1.82, 2.24) is 0 Å². The van der Waals surface area contributed by atoms with Crippen molar-refractivity contribution in [2.45, 2.75) is 0 Å². The van der Waals surface area contributed by atoms with Gasteiger partial charge in [-0.2, -0.15) is 0 Å². The summed E-state index contributed by atoms with van der Waals surface area (Å²) < 4.78 is 8.42. The Morgan fingerprint density at radius 1 is 1.25 bits per heavy atom. The Labute approximate surface area is 112 Å². The second kappa shape index (κ2) is 12.1. The Balaban J connectivity index is -0.0000000208. The Bertz CT molecular complexity index is 60.5. The zero-order valence-electron chi connectivity index (χ0n) is 7.72. The van der Waals surface area contributed by atoms with E-state index in [1.54, 1.807) is 0 Å². The predicted octanol–water partition coefficient (Wildman–Crippen LogP) is -7.53. The average molecular weight is 166 g/mol. The average Bonchev–Trinajstić information content (AvgIpc) is 1.65. The zero-order chi connectivity index (χ0) is 4.99. The van der Waals surface area contributed by atoms with Crippen LogP contribution in [0.25, 0.3) is 0 Å². The van der Waals surface area contributed by atoms with E-state index in [0.29, 0.717) is 33.2 Å². The Hall–Kier alpha value is 2.33. The molecular formula is CH6Al2Na2O3. The van der Waals surface area contributed by atoms with Crippen molar-refractivity contribution >= 4 is 39.4 Å². The molecule has 0 heterocycles. The Kier molecular flexibility index (Phi) is 25.2. The van der Waals surface area contributed by atoms with Crippen molar-refractivity contribution in [2.24, 2.45) is 0 Å². The van der Waals surface area contributed by atoms with E-state index < -0.39 is 6.16 Å². The summed E-state index contributed by atoms with van der Waals surface area (Å²) in [7, 11) is 0. The van der Waals surface area contributed by atoms with Crippen LogP contribution in [0.2, 0.25) is 0 Å². The minimum absolute atomic E-state index is 0. The number of carbonyl (C=O) groups excluding carboxylic acids is 1. The van der Waals surface area contributed by atoms with Crippen molar-refractivity contribution in [3.8, 4) is 0 Å². The second-order valence-corrected chi connectivity index (χ2v) is 1.47. The predicted molar refractivity (Wildman–Crippen MR) is 26.9 cm³/mol. The summed E-state index contributed by atoms with van der Waals surface area (Å²) in [5.74, 6) is 0. The first-order valence-corrected chi connectivity index (χ1v) is 3.06. The first-order valence-electron chi connectivity index (χ1n) is 1.43. The van der Waals surface area contributed by atoms with E-state index in [9.17, 15) is 4.79 Å². The molecule has 0 atom stereocenters. The van der Waals surface area contributed by atoms with Crippen LogP contribution in [0.4, 0.5) is 4.79 Å². The van der Waals surface area contributed by atoms with Gasteiger partial charge in [0.1, 0.15) is 0 Å². The minimum atomic E-state index is -0.534. The van der Waals surface area contributed by atoms with Crippen molar-refractivity contribution in [3.05, 3.63) is 0 Å². The largest absolute Gasteiger partial charge is 1.00 e. The molecule has 0 amide bonds. The number of hydrogen-bond donors (Lipinski definition) is 0. The summed E-state index contributed by atoms with van der Waals surface area (Å²) in [4.78, 5) is 9.81. The van der Waals surface area contributed by atoms with Gasteiger partial charge in [0, 0.05) is 0 Å². The van der Waals surface area contributed by atoms with Gasteiger partial charge in [-0.25, -0.2) is 4.79 Å². The first-order chi connectivity index (χ1) is 2.81. The fraction of sp³-hybridized carbons (Fsp3) is 0. The maximum absolute atomic E-state index is 9.81. The van der Waals surface area contributed by atoms with Crippen LogP contribution in [-0.2, 0) is 7.58 Å². The van der Waals surface area contributed by atoms with Crippen molar-refractivity contribution < 1.29 is 74.3 Å². The van der Waals surface area contributed by atoms with Gasteiger partial charge in [0.2, 0.25) is 0 Å². The van der Waals surface area contributed by atoms with Gasteiger partial charge < -0.3 is 10.4 Å². The maximum Gasteiger partial charge on any atom is 1.00 e. The van der Waals surface area contributed by atoms with Crippen LogP contribution in [0.15, 0.2) is 0 Å². The second-order valence-electron chi connectivity index (χ2n) is 0.658. The van der Waals surface area contributed by atoms with Gasteiger partial charge in [0.15, 0.2) is 0 Å². The fourth-order valence-electron chi connectivity index (χ4n) is 0.0833. The van der Waals surface area contributed by atoms with Crippen LogP contribution < -0.4 is 59.1 Å². The molecule has 0 N–H and O–H groups in total. The first kappa shape index (κ1) is 16.7. The van der Waals surface area contributed by atoms with Gasteiger partial charge in [-0.3, -0.25) is 0 Å². The van der Waals surface area contributed by atoms with Gasteiger partial charge >= 0.3 is 98.5 Å². The third-order valence-corrected chi connectivity index (χ3v) is 1.00. The number of carbonyl (C=O) groups is 1. The van der Waals surface area contributed by atoms with E-state index in [-0.39, 0.29) is 62.0 Å². The zero-order valence-corrected chi connectivity index (χ0v) is 13.7. The van der Waals surface area contributed by atoms with Gasteiger partial charge in [0.05, 0.1) is 0 Å². The van der Waals surface area contributed by atoms with Gasteiger partial charge in [-0.15, -0.1) is 0 Å². The molecule has 0 fully saturated rings. The minimum Gasteiger partial charge on any atom is -1.00 e. The molecule has 0 aromatic rings. The molecule has 0 spiro atoms. The number of rotatable bonds is 0. The molecule has 7 heteroatoms. The molecule has 0 radical (unpaired) electrons. The van der Waals surface area contributed by atoms with Gasteiger partial charge in [-0.05, 0) is 0 Å². The van der Waals surface area contributed by atoms with Crippen molar-refractivity contribution in [3.63, 3.8) is 0 Å². The van der Waals surface area contributed by atoms with E-state index >= 15 is 0 Å². The van der Waals surface area contributed by atoms with Gasteiger partial charge in [0.25, 0.3) is 0 Å². The van der Waals surface area contributed by atoms with E-state index in [4.69, 9.17) is 0 Å². The molecule has 0 saturated carbocycles. The molecule has 0 aliphatic rings. The third-order valence-electron chi connectivity index (χ3n) is 0.333. The molecule has 36 valence electrons. The van der Waals surface area contributed by atoms with Crippen LogP contribution in [0.3, 0.4) is 0 Å². The molecule has 0 aliphatic heterocycles. The van der Waals surface area contributed by atoms with E-state index in [1.807, 2.05) is 0 Å². The summed E-state index contributed by atoms with van der Waals surface area (Å²) >= 11 is 0.860. The third kappa shape index (κ3) is 11.2. The van der Waals surface area contributed by atoms with E-state index in [1.165, 1.54) is 0 Å². The van der Waals surface area contributed by atoms with Crippen LogP contribution >= 0.6 is 0 Å². The SMILES string of the molecule is O=C([O][AlH2])[O][AlH2].[H-].[H-].[Na+].[Na+]. The monoisotopic (exact) mass is 166 g/mol. The normalized spacial score (nSPS) is 5.00. The molecule has 0 unspecified atom stereocenters. The molecule has 0 saturated heterocycles. The molecule has 0 aromatic carbocycles. The van der Waals surface area contributed by atoms with Crippen LogP contribution in [-0.4, -0.2) is 39.4 Å². The smallest absolute Gasteiger partial charge is 1.00 e. The summed E-state index contributed by atoms with van der Waals surface area (Å²) in [5, 5.41) is 0. The standard InChI is InChI=1S/CH2O3.2Al.2Na.6H/c2-1(3)4;;;;;;;;;;/h(H2,2,3,4);;;;;;;;;;/q;4*+1;;;;;2*-1/p-2. The Morgan fingerprint density at radius 2 is 1.50 bits per heavy atom. The molecule has 0 aliphatic carbocycles. The number of hydrogen-bond acceptors (Lipinski definition) is 3.